The molecule has 1 atom stereocenters. The molecular formula is C31H30N4O4S3. The highest BCUT2D eigenvalue weighted by Gasteiger charge is 2.35. The second-order valence-electron chi connectivity index (χ2n) is 9.76. The number of rotatable bonds is 9. The van der Waals surface area contributed by atoms with E-state index in [4.69, 9.17) is 4.74 Å². The summed E-state index contributed by atoms with van der Waals surface area (Å²) in [5, 5.41) is 22.3. The second-order valence-corrected chi connectivity index (χ2v) is 12.8. The maximum absolute atomic E-state index is 13.5. The van der Waals surface area contributed by atoms with Gasteiger partial charge in [-0.15, -0.1) is 22.7 Å². The van der Waals surface area contributed by atoms with Crippen LogP contribution in [-0.4, -0.2) is 30.1 Å². The number of hydrogen-bond donors (Lipinski definition) is 3. The highest BCUT2D eigenvalue weighted by Crippen LogP contribution is 2.43. The Bertz CT molecular complexity index is 1600. The lowest BCUT2D eigenvalue weighted by molar-refractivity contribution is -0.114. The number of fused-ring (bicyclic) bond motifs is 1. The number of ether oxygens (including phenoxy) is 1. The summed E-state index contributed by atoms with van der Waals surface area (Å²) >= 11 is 4.11. The number of carbonyl (C=O) groups excluding carboxylic acids is 3. The van der Waals surface area contributed by atoms with Gasteiger partial charge < -0.3 is 20.7 Å². The molecule has 1 aliphatic heterocycles. The number of nitrogens with zero attached hydrogens (tertiary/aromatic N) is 1. The fourth-order valence-electron chi connectivity index (χ4n) is 5.16. The summed E-state index contributed by atoms with van der Waals surface area (Å²) < 4.78 is 5.31. The Kier molecular flexibility index (Phi) is 9.47. The van der Waals surface area contributed by atoms with Gasteiger partial charge in [-0.25, -0.2) is 4.79 Å². The van der Waals surface area contributed by atoms with E-state index in [0.29, 0.717) is 38.1 Å². The van der Waals surface area contributed by atoms with Crippen molar-refractivity contribution in [3.63, 3.8) is 0 Å². The molecule has 42 heavy (non-hydrogen) atoms. The van der Waals surface area contributed by atoms with Gasteiger partial charge in [-0.1, -0.05) is 36.0 Å². The van der Waals surface area contributed by atoms with E-state index in [9.17, 15) is 19.6 Å². The summed E-state index contributed by atoms with van der Waals surface area (Å²) in [7, 11) is 0. The number of aryl methyl sites for hydroxylation is 1. The summed E-state index contributed by atoms with van der Waals surface area (Å²) in [6.07, 6.45) is 3.73. The van der Waals surface area contributed by atoms with Gasteiger partial charge in [0.25, 0.3) is 5.91 Å². The molecule has 8 nitrogen and oxygen atoms in total. The summed E-state index contributed by atoms with van der Waals surface area (Å²) in [5.41, 5.74) is 3.54. The highest BCUT2D eigenvalue weighted by atomic mass is 32.2. The van der Waals surface area contributed by atoms with Crippen molar-refractivity contribution in [1.29, 1.82) is 5.26 Å². The lowest BCUT2D eigenvalue weighted by atomic mass is 9.86. The Balaban J connectivity index is 1.37. The summed E-state index contributed by atoms with van der Waals surface area (Å²) in [6.45, 7) is 3.82. The van der Waals surface area contributed by atoms with Gasteiger partial charge >= 0.3 is 5.97 Å². The van der Waals surface area contributed by atoms with Gasteiger partial charge in [0.1, 0.15) is 5.00 Å². The van der Waals surface area contributed by atoms with Crippen LogP contribution in [0.15, 0.2) is 69.7 Å². The van der Waals surface area contributed by atoms with Crippen LogP contribution in [0.2, 0.25) is 0 Å². The summed E-state index contributed by atoms with van der Waals surface area (Å²) in [4.78, 5) is 41.4. The third kappa shape index (κ3) is 6.31. The van der Waals surface area contributed by atoms with E-state index in [0.717, 1.165) is 41.0 Å². The SMILES string of the molecule is CCOC(=O)c1c(NC(=O)CSC2=C(C#N)[C@@H](c3cccs3)C(C(=O)Nc3ccccc3)=C(C)N2)sc2c1CCCC2. The van der Waals surface area contributed by atoms with Gasteiger partial charge in [-0.05, 0) is 68.7 Å². The number of anilines is 2. The third-order valence-electron chi connectivity index (χ3n) is 7.00. The van der Waals surface area contributed by atoms with Crippen molar-refractivity contribution < 1.29 is 19.1 Å². The van der Waals surface area contributed by atoms with Crippen molar-refractivity contribution in [1.82, 2.24) is 5.32 Å². The topological polar surface area (TPSA) is 120 Å². The molecule has 216 valence electrons. The van der Waals surface area contributed by atoms with Crippen LogP contribution in [0.1, 0.15) is 58.3 Å². The van der Waals surface area contributed by atoms with Crippen molar-refractivity contribution in [2.45, 2.75) is 45.4 Å². The van der Waals surface area contributed by atoms with Crippen LogP contribution >= 0.6 is 34.4 Å². The van der Waals surface area contributed by atoms with E-state index in [1.54, 1.807) is 13.8 Å². The molecule has 0 bridgehead atoms. The number of para-hydroxylation sites is 1. The fourth-order valence-corrected chi connectivity index (χ4v) is 8.19. The molecule has 0 saturated carbocycles. The van der Waals surface area contributed by atoms with Gasteiger partial charge in [0, 0.05) is 26.7 Å². The number of hydrogen-bond acceptors (Lipinski definition) is 9. The predicted molar refractivity (Wildman–Crippen MR) is 169 cm³/mol. The number of benzene rings is 1. The normalized spacial score (nSPS) is 16.3. The van der Waals surface area contributed by atoms with E-state index in [2.05, 4.69) is 22.0 Å². The number of nitriles is 1. The van der Waals surface area contributed by atoms with Crippen LogP contribution in [0, 0.1) is 11.3 Å². The molecule has 0 unspecified atom stereocenters. The number of carbonyl (C=O) groups is 3. The van der Waals surface area contributed by atoms with Crippen molar-refractivity contribution in [2.75, 3.05) is 23.0 Å². The third-order valence-corrected chi connectivity index (χ3v) is 10.2. The quantitative estimate of drug-likeness (QED) is 0.232. The number of esters is 1. The molecule has 0 saturated heterocycles. The number of dihydropyridines is 1. The van der Waals surface area contributed by atoms with E-state index < -0.39 is 11.9 Å². The van der Waals surface area contributed by atoms with Crippen molar-refractivity contribution in [3.8, 4) is 6.07 Å². The molecule has 3 heterocycles. The Labute approximate surface area is 256 Å². The standard InChI is InChI=1S/C31H30N4O4S3/c1-3-39-31(38)27-20-12-7-8-13-22(20)42-30(27)35-24(36)17-41-29-21(16-32)26(23-14-9-15-40-23)25(18(2)33-29)28(37)34-19-10-5-4-6-11-19/h4-6,9-11,14-15,26,33H,3,7-8,12-13,17H2,1-2H3,(H,34,37)(H,35,36)/t26-/m0/s1. The van der Waals surface area contributed by atoms with Crippen LogP contribution < -0.4 is 16.0 Å². The van der Waals surface area contributed by atoms with Crippen molar-refractivity contribution in [2.24, 2.45) is 0 Å². The first-order valence-electron chi connectivity index (χ1n) is 13.7. The molecule has 3 aromatic rings. The minimum absolute atomic E-state index is 0.00826. The molecule has 2 amide bonds. The fraction of sp³-hybridized carbons (Fsp3) is 0.290. The predicted octanol–water partition coefficient (Wildman–Crippen LogP) is 6.57. The zero-order chi connectivity index (χ0) is 29.6. The average Bonchev–Trinajstić information content (AvgIpc) is 3.64. The zero-order valence-electron chi connectivity index (χ0n) is 23.2. The molecule has 1 aliphatic carbocycles. The van der Waals surface area contributed by atoms with Gasteiger partial charge in [0.2, 0.25) is 5.91 Å². The Morgan fingerprint density at radius 2 is 1.90 bits per heavy atom. The first-order valence-corrected chi connectivity index (χ1v) is 16.4. The molecule has 3 N–H and O–H groups in total. The van der Waals surface area contributed by atoms with Crippen LogP contribution in [0.4, 0.5) is 10.7 Å². The zero-order valence-corrected chi connectivity index (χ0v) is 25.7. The van der Waals surface area contributed by atoms with Crippen LogP contribution in [0.5, 0.6) is 0 Å². The average molecular weight is 619 g/mol. The lowest BCUT2D eigenvalue weighted by Gasteiger charge is -2.29. The molecule has 11 heteroatoms. The first-order chi connectivity index (χ1) is 20.4. The van der Waals surface area contributed by atoms with E-state index in [-0.39, 0.29) is 24.2 Å². The van der Waals surface area contributed by atoms with E-state index in [1.807, 2.05) is 47.8 Å². The highest BCUT2D eigenvalue weighted by molar-refractivity contribution is 8.03. The van der Waals surface area contributed by atoms with Gasteiger partial charge in [0.05, 0.1) is 40.5 Å². The maximum atomic E-state index is 13.5. The van der Waals surface area contributed by atoms with Crippen LogP contribution in [0.25, 0.3) is 0 Å². The number of amides is 2. The van der Waals surface area contributed by atoms with Gasteiger partial charge in [-0.2, -0.15) is 5.26 Å². The smallest absolute Gasteiger partial charge is 0.341 e. The van der Waals surface area contributed by atoms with E-state index >= 15 is 0 Å². The molecule has 2 aliphatic rings. The van der Waals surface area contributed by atoms with Crippen molar-refractivity contribution >= 4 is 62.9 Å². The Morgan fingerprint density at radius 3 is 2.62 bits per heavy atom. The number of thiophene rings is 2. The molecule has 5 rings (SSSR count). The molecule has 0 spiro atoms. The monoisotopic (exact) mass is 618 g/mol. The molecule has 0 fully saturated rings. The summed E-state index contributed by atoms with van der Waals surface area (Å²) in [5.74, 6) is -1.58. The Morgan fingerprint density at radius 1 is 1.12 bits per heavy atom. The van der Waals surface area contributed by atoms with Gasteiger partial charge in [-0.3, -0.25) is 9.59 Å². The van der Waals surface area contributed by atoms with Gasteiger partial charge in [0.15, 0.2) is 0 Å². The minimum Gasteiger partial charge on any atom is -0.462 e. The van der Waals surface area contributed by atoms with E-state index in [1.165, 1.54) is 34.4 Å². The summed E-state index contributed by atoms with van der Waals surface area (Å²) in [6, 6.07) is 15.3. The number of thioether (sulfide) groups is 1. The Hall–Kier alpha value is -3.85. The molecule has 2 aromatic heterocycles. The lowest BCUT2D eigenvalue weighted by Crippen LogP contribution is -2.30. The molecule has 1 aromatic carbocycles. The van der Waals surface area contributed by atoms with Crippen LogP contribution in [0.3, 0.4) is 0 Å². The maximum Gasteiger partial charge on any atom is 0.341 e. The second kappa shape index (κ2) is 13.4. The number of nitrogens with one attached hydrogen (secondary N) is 3. The number of allylic oxidation sites excluding steroid dienone is 2. The van der Waals surface area contributed by atoms with Crippen molar-refractivity contribution in [3.05, 3.63) is 90.6 Å². The minimum atomic E-state index is -0.579. The van der Waals surface area contributed by atoms with Crippen LogP contribution in [-0.2, 0) is 27.2 Å². The first kappa shape index (κ1) is 29.6. The molecule has 0 radical (unpaired) electrons. The molecular weight excluding hydrogens is 589 g/mol. The largest absolute Gasteiger partial charge is 0.462 e.